The van der Waals surface area contributed by atoms with Gasteiger partial charge in [0.1, 0.15) is 5.60 Å². The van der Waals surface area contributed by atoms with Crippen molar-refractivity contribution in [3.8, 4) is 0 Å². The number of rotatable bonds is 7. The fraction of sp³-hybridized carbons (Fsp3) is 0.333. The van der Waals surface area contributed by atoms with E-state index in [0.717, 1.165) is 15.4 Å². The molecule has 1 fully saturated rings. The van der Waals surface area contributed by atoms with Gasteiger partial charge in [-0.1, -0.05) is 70.0 Å². The number of sulfonamides is 1. The van der Waals surface area contributed by atoms with Crippen LogP contribution in [0.2, 0.25) is 0 Å². The summed E-state index contributed by atoms with van der Waals surface area (Å²) in [5, 5.41) is 0. The minimum atomic E-state index is -4.53. The molecule has 40 heavy (non-hydrogen) atoms. The molecule has 2 heterocycles. The summed E-state index contributed by atoms with van der Waals surface area (Å²) in [6.07, 6.45) is -0.0246. The minimum absolute atomic E-state index is 0.0246. The Hall–Kier alpha value is -3.05. The number of carbonyl (C=O) groups is 2. The van der Waals surface area contributed by atoms with E-state index >= 15 is 0 Å². The molecular formula is C30H30BrNO7S. The molecule has 0 aromatic heterocycles. The van der Waals surface area contributed by atoms with Gasteiger partial charge in [-0.15, -0.1) is 0 Å². The molecule has 2 aliphatic heterocycles. The Labute approximate surface area is 242 Å². The molecule has 0 amide bonds. The van der Waals surface area contributed by atoms with Gasteiger partial charge in [-0.25, -0.2) is 18.0 Å². The maximum atomic E-state index is 14.7. The van der Waals surface area contributed by atoms with Crippen molar-refractivity contribution >= 4 is 37.9 Å². The number of fused-ring (bicyclic) bond motifs is 2. The standard InChI is InChI=1S/C30H30BrNO7S/c1-4-37-27(33)30(28(34)38-5-2)29(25-12-7-6-9-22(25)19-39-29)18-26(21-10-8-11-23(31)17-21)32(30)40(35,36)24-15-13-20(3)14-16-24/h6-17,26H,4-5,18-19H2,1-3H3/t26-,29-/m0/s1. The van der Waals surface area contributed by atoms with Crippen LogP contribution in [-0.2, 0) is 46.0 Å². The highest BCUT2D eigenvalue weighted by Gasteiger charge is 2.79. The maximum absolute atomic E-state index is 14.7. The molecule has 2 atom stereocenters. The summed E-state index contributed by atoms with van der Waals surface area (Å²) in [6.45, 7) is 4.96. The van der Waals surface area contributed by atoms with Gasteiger partial charge in [0.05, 0.1) is 30.8 Å². The summed E-state index contributed by atoms with van der Waals surface area (Å²) in [5.74, 6) is -2.09. The minimum Gasteiger partial charge on any atom is -0.464 e. The molecule has 0 N–H and O–H groups in total. The summed E-state index contributed by atoms with van der Waals surface area (Å²) in [7, 11) is -4.53. The summed E-state index contributed by atoms with van der Waals surface area (Å²) in [6, 6.07) is 19.7. The lowest BCUT2D eigenvalue weighted by Gasteiger charge is -2.42. The molecule has 10 heteroatoms. The fourth-order valence-corrected chi connectivity index (χ4v) is 8.22. The highest BCUT2D eigenvalue weighted by atomic mass is 79.9. The second-order valence-electron chi connectivity index (χ2n) is 9.81. The van der Waals surface area contributed by atoms with Crippen LogP contribution in [0.5, 0.6) is 0 Å². The molecule has 0 aliphatic carbocycles. The molecule has 0 bridgehead atoms. The maximum Gasteiger partial charge on any atom is 0.342 e. The second kappa shape index (κ2) is 10.7. The molecule has 1 saturated heterocycles. The number of esters is 2. The van der Waals surface area contributed by atoms with Gasteiger partial charge in [0, 0.05) is 10.9 Å². The molecule has 3 aromatic rings. The molecule has 0 saturated carbocycles. The number of hydrogen-bond acceptors (Lipinski definition) is 7. The van der Waals surface area contributed by atoms with Crippen LogP contribution in [0.3, 0.4) is 0 Å². The smallest absolute Gasteiger partial charge is 0.342 e. The number of benzene rings is 3. The van der Waals surface area contributed by atoms with Crippen LogP contribution < -0.4 is 0 Å². The van der Waals surface area contributed by atoms with E-state index in [4.69, 9.17) is 14.2 Å². The van der Waals surface area contributed by atoms with Crippen molar-refractivity contribution in [2.24, 2.45) is 0 Å². The van der Waals surface area contributed by atoms with Crippen molar-refractivity contribution in [2.45, 2.75) is 55.9 Å². The summed E-state index contributed by atoms with van der Waals surface area (Å²) in [4.78, 5) is 28.6. The van der Waals surface area contributed by atoms with E-state index in [9.17, 15) is 18.0 Å². The van der Waals surface area contributed by atoms with Gasteiger partial charge < -0.3 is 14.2 Å². The normalized spacial score (nSPS) is 21.8. The van der Waals surface area contributed by atoms with E-state index in [1.165, 1.54) is 12.1 Å². The van der Waals surface area contributed by atoms with E-state index in [1.54, 1.807) is 56.3 Å². The van der Waals surface area contributed by atoms with Crippen LogP contribution in [0.1, 0.15) is 48.6 Å². The number of nitrogens with zero attached hydrogens (tertiary/aromatic N) is 1. The van der Waals surface area contributed by atoms with Crippen LogP contribution in [0, 0.1) is 6.92 Å². The lowest BCUT2D eigenvalue weighted by Crippen LogP contribution is -2.68. The predicted octanol–water partition coefficient (Wildman–Crippen LogP) is 5.18. The van der Waals surface area contributed by atoms with Crippen molar-refractivity contribution in [3.05, 3.63) is 99.5 Å². The first-order chi connectivity index (χ1) is 19.1. The third-order valence-electron chi connectivity index (χ3n) is 7.56. The van der Waals surface area contributed by atoms with E-state index in [-0.39, 0.29) is 31.1 Å². The lowest BCUT2D eigenvalue weighted by atomic mass is 9.74. The molecule has 210 valence electrons. The largest absolute Gasteiger partial charge is 0.464 e. The second-order valence-corrected chi connectivity index (χ2v) is 12.5. The summed E-state index contributed by atoms with van der Waals surface area (Å²) < 4.78 is 48.8. The van der Waals surface area contributed by atoms with Crippen LogP contribution in [-0.4, -0.2) is 43.4 Å². The Morgan fingerprint density at radius 3 is 2.25 bits per heavy atom. The van der Waals surface area contributed by atoms with E-state index in [2.05, 4.69) is 15.9 Å². The first-order valence-corrected chi connectivity index (χ1v) is 15.3. The third kappa shape index (κ3) is 4.20. The zero-order valence-electron chi connectivity index (χ0n) is 22.4. The fourth-order valence-electron chi connectivity index (χ4n) is 5.90. The Morgan fingerprint density at radius 2 is 1.62 bits per heavy atom. The number of carbonyl (C=O) groups excluding carboxylic acids is 2. The van der Waals surface area contributed by atoms with E-state index < -0.39 is 39.1 Å². The van der Waals surface area contributed by atoms with Crippen molar-refractivity contribution in [3.63, 3.8) is 0 Å². The highest BCUT2D eigenvalue weighted by Crippen LogP contribution is 2.62. The number of ether oxygens (including phenoxy) is 3. The van der Waals surface area contributed by atoms with Gasteiger partial charge >= 0.3 is 11.9 Å². The molecule has 5 rings (SSSR count). The summed E-state index contributed by atoms with van der Waals surface area (Å²) in [5.41, 5.74) is -1.49. The predicted molar refractivity (Wildman–Crippen MR) is 151 cm³/mol. The zero-order valence-corrected chi connectivity index (χ0v) is 24.8. The van der Waals surface area contributed by atoms with Crippen LogP contribution >= 0.6 is 15.9 Å². The van der Waals surface area contributed by atoms with Crippen molar-refractivity contribution < 1.29 is 32.2 Å². The Balaban J connectivity index is 1.91. The van der Waals surface area contributed by atoms with Gasteiger partial charge in [-0.3, -0.25) is 0 Å². The lowest BCUT2D eigenvalue weighted by molar-refractivity contribution is -0.190. The quantitative estimate of drug-likeness (QED) is 0.263. The summed E-state index contributed by atoms with van der Waals surface area (Å²) >= 11 is 3.49. The molecule has 0 radical (unpaired) electrons. The molecule has 3 aromatic carbocycles. The average molecular weight is 629 g/mol. The molecule has 1 spiro atoms. The third-order valence-corrected chi connectivity index (χ3v) is 9.97. The van der Waals surface area contributed by atoms with E-state index in [0.29, 0.717) is 15.6 Å². The Kier molecular flexibility index (Phi) is 7.64. The number of hydrogen-bond donors (Lipinski definition) is 0. The molecule has 0 unspecified atom stereocenters. The van der Waals surface area contributed by atoms with E-state index in [1.807, 2.05) is 25.1 Å². The molecule has 2 aliphatic rings. The van der Waals surface area contributed by atoms with Gasteiger partial charge in [-0.05, 0) is 61.7 Å². The number of aryl methyl sites for hydroxylation is 1. The Morgan fingerprint density at radius 1 is 0.975 bits per heavy atom. The van der Waals surface area contributed by atoms with Gasteiger partial charge in [-0.2, -0.15) is 4.31 Å². The van der Waals surface area contributed by atoms with Gasteiger partial charge in [0.2, 0.25) is 10.0 Å². The highest BCUT2D eigenvalue weighted by molar-refractivity contribution is 9.10. The van der Waals surface area contributed by atoms with Gasteiger partial charge in [0.25, 0.3) is 5.54 Å². The number of halogens is 1. The molecular weight excluding hydrogens is 598 g/mol. The van der Waals surface area contributed by atoms with Crippen LogP contribution in [0.4, 0.5) is 0 Å². The van der Waals surface area contributed by atoms with Crippen molar-refractivity contribution in [1.29, 1.82) is 0 Å². The van der Waals surface area contributed by atoms with Crippen LogP contribution in [0.15, 0.2) is 82.2 Å². The average Bonchev–Trinajstić information content (AvgIpc) is 3.47. The monoisotopic (exact) mass is 627 g/mol. The van der Waals surface area contributed by atoms with Crippen molar-refractivity contribution in [1.82, 2.24) is 4.31 Å². The first-order valence-electron chi connectivity index (χ1n) is 13.1. The molecule has 8 nitrogen and oxygen atoms in total. The van der Waals surface area contributed by atoms with Crippen LogP contribution in [0.25, 0.3) is 0 Å². The zero-order chi connectivity index (χ0) is 28.7. The first kappa shape index (κ1) is 28.5. The Bertz CT molecular complexity index is 1540. The SMILES string of the molecule is CCOC(=O)C1(C(=O)OCC)N(S(=O)(=O)c2ccc(C)cc2)[C@H](c2cccc(Br)c2)C[C@@]12OCc1ccccc12. The topological polar surface area (TPSA) is 99.2 Å². The van der Waals surface area contributed by atoms with Crippen molar-refractivity contribution in [2.75, 3.05) is 13.2 Å². The van der Waals surface area contributed by atoms with Gasteiger partial charge in [0.15, 0.2) is 0 Å².